The summed E-state index contributed by atoms with van der Waals surface area (Å²) < 4.78 is 20.0. The summed E-state index contributed by atoms with van der Waals surface area (Å²) in [5, 5.41) is 9.29. The summed E-state index contributed by atoms with van der Waals surface area (Å²) in [5.74, 6) is -1.30. The minimum atomic E-state index is -0.995. The molecular formula is C15H13FN2O3S. The molecular weight excluding hydrogens is 307 g/mol. The Bertz CT molecular complexity index is 852. The quantitative estimate of drug-likeness (QED) is 0.800. The number of rotatable bonds is 4. The van der Waals surface area contributed by atoms with E-state index in [1.165, 1.54) is 19.2 Å². The van der Waals surface area contributed by atoms with E-state index in [0.717, 1.165) is 22.6 Å². The molecule has 0 fully saturated rings. The number of ether oxygens (including phenoxy) is 1. The van der Waals surface area contributed by atoms with Crippen molar-refractivity contribution in [1.82, 2.24) is 9.38 Å². The number of methoxy groups -OCH3 is 1. The first kappa shape index (κ1) is 14.7. The van der Waals surface area contributed by atoms with Gasteiger partial charge in [0, 0.05) is 18.4 Å². The molecule has 0 aliphatic rings. The van der Waals surface area contributed by atoms with E-state index in [-0.39, 0.29) is 17.3 Å². The number of hydrogen-bond acceptors (Lipinski definition) is 4. The molecule has 2 heterocycles. The van der Waals surface area contributed by atoms with Crippen molar-refractivity contribution in [1.29, 1.82) is 0 Å². The first-order chi connectivity index (χ1) is 10.5. The topological polar surface area (TPSA) is 63.8 Å². The normalized spacial score (nSPS) is 11.2. The molecule has 0 saturated carbocycles. The van der Waals surface area contributed by atoms with E-state index in [9.17, 15) is 14.3 Å². The highest BCUT2D eigenvalue weighted by molar-refractivity contribution is 7.19. The number of nitrogens with zero attached hydrogens (tertiary/aromatic N) is 2. The van der Waals surface area contributed by atoms with Crippen LogP contribution in [0.2, 0.25) is 0 Å². The van der Waals surface area contributed by atoms with Gasteiger partial charge in [-0.25, -0.2) is 14.2 Å². The summed E-state index contributed by atoms with van der Waals surface area (Å²) >= 11 is 1.10. The van der Waals surface area contributed by atoms with Crippen LogP contribution in [0.25, 0.3) is 16.2 Å². The summed E-state index contributed by atoms with van der Waals surface area (Å²) in [4.78, 5) is 16.6. The number of aryl methyl sites for hydroxylation is 1. The van der Waals surface area contributed by atoms with Crippen molar-refractivity contribution in [3.8, 4) is 11.3 Å². The zero-order valence-electron chi connectivity index (χ0n) is 12.0. The lowest BCUT2D eigenvalue weighted by Crippen LogP contribution is -2.04. The fourth-order valence-electron chi connectivity index (χ4n) is 2.43. The van der Waals surface area contributed by atoms with Crippen LogP contribution in [0.1, 0.15) is 21.1 Å². The molecule has 5 nitrogen and oxygen atoms in total. The van der Waals surface area contributed by atoms with Crippen LogP contribution in [0.5, 0.6) is 0 Å². The van der Waals surface area contributed by atoms with Crippen LogP contribution in [0.15, 0.2) is 24.3 Å². The first-order valence-corrected chi connectivity index (χ1v) is 7.33. The van der Waals surface area contributed by atoms with Gasteiger partial charge in [0.1, 0.15) is 10.7 Å². The monoisotopic (exact) mass is 320 g/mol. The second-order valence-electron chi connectivity index (χ2n) is 4.79. The van der Waals surface area contributed by atoms with Gasteiger partial charge in [0.05, 0.1) is 18.0 Å². The molecule has 3 rings (SSSR count). The highest BCUT2D eigenvalue weighted by atomic mass is 32.1. The van der Waals surface area contributed by atoms with Crippen molar-refractivity contribution in [2.24, 2.45) is 0 Å². The van der Waals surface area contributed by atoms with Crippen LogP contribution in [0.4, 0.5) is 4.39 Å². The van der Waals surface area contributed by atoms with Crippen molar-refractivity contribution < 1.29 is 19.0 Å². The number of hydrogen-bond donors (Lipinski definition) is 1. The molecule has 1 aromatic carbocycles. The maximum atomic E-state index is 13.0. The minimum Gasteiger partial charge on any atom is -0.477 e. The highest BCUT2D eigenvalue weighted by Crippen LogP contribution is 2.31. The van der Waals surface area contributed by atoms with E-state index in [4.69, 9.17) is 4.74 Å². The zero-order valence-corrected chi connectivity index (χ0v) is 12.8. The maximum absolute atomic E-state index is 13.0. The molecule has 7 heteroatoms. The predicted octanol–water partition coefficient (Wildman–Crippen LogP) is 3.35. The molecule has 0 unspecified atom stereocenters. The fraction of sp³-hybridized carbons (Fsp3) is 0.200. The van der Waals surface area contributed by atoms with Crippen LogP contribution in [-0.2, 0) is 11.3 Å². The van der Waals surface area contributed by atoms with Gasteiger partial charge in [-0.15, -0.1) is 0 Å². The molecule has 0 atom stereocenters. The van der Waals surface area contributed by atoms with E-state index in [1.54, 1.807) is 16.5 Å². The van der Waals surface area contributed by atoms with Crippen LogP contribution in [-0.4, -0.2) is 27.6 Å². The van der Waals surface area contributed by atoms with Gasteiger partial charge in [0.15, 0.2) is 4.96 Å². The van der Waals surface area contributed by atoms with Gasteiger partial charge < -0.3 is 9.84 Å². The lowest BCUT2D eigenvalue weighted by Gasteiger charge is -2.04. The molecule has 0 spiro atoms. The molecule has 0 aliphatic heterocycles. The number of carboxylic acids is 1. The largest absolute Gasteiger partial charge is 0.477 e. The molecule has 2 aromatic heterocycles. The third-order valence-electron chi connectivity index (χ3n) is 3.40. The minimum absolute atomic E-state index is 0.182. The van der Waals surface area contributed by atoms with Crippen molar-refractivity contribution in [3.05, 3.63) is 46.3 Å². The SMILES string of the molecule is COCc1c(C(=O)O)sc2nc(-c3ccc(F)cc3)c(C)n12. The summed E-state index contributed by atoms with van der Waals surface area (Å²) in [6.07, 6.45) is 0. The Balaban J connectivity index is 2.21. The Hall–Kier alpha value is -2.25. The lowest BCUT2D eigenvalue weighted by molar-refractivity contribution is 0.0696. The summed E-state index contributed by atoms with van der Waals surface area (Å²) in [6, 6.07) is 6.06. The van der Waals surface area contributed by atoms with Crippen LogP contribution >= 0.6 is 11.3 Å². The number of thiazole rings is 1. The van der Waals surface area contributed by atoms with Gasteiger partial charge in [0.2, 0.25) is 0 Å². The maximum Gasteiger partial charge on any atom is 0.347 e. The summed E-state index contributed by atoms with van der Waals surface area (Å²) in [7, 11) is 1.52. The first-order valence-electron chi connectivity index (χ1n) is 6.51. The van der Waals surface area contributed by atoms with Gasteiger partial charge in [-0.05, 0) is 31.2 Å². The van der Waals surface area contributed by atoms with E-state index in [0.29, 0.717) is 16.3 Å². The molecule has 0 bridgehead atoms. The smallest absolute Gasteiger partial charge is 0.347 e. The number of carbonyl (C=O) groups is 1. The third kappa shape index (κ3) is 2.28. The second-order valence-corrected chi connectivity index (χ2v) is 5.76. The lowest BCUT2D eigenvalue weighted by atomic mass is 10.1. The van der Waals surface area contributed by atoms with Crippen LogP contribution in [0, 0.1) is 12.7 Å². The summed E-state index contributed by atoms with van der Waals surface area (Å²) in [6.45, 7) is 2.04. The van der Waals surface area contributed by atoms with E-state index in [2.05, 4.69) is 4.98 Å². The van der Waals surface area contributed by atoms with Crippen LogP contribution < -0.4 is 0 Å². The number of halogens is 1. The molecule has 0 saturated heterocycles. The van der Waals surface area contributed by atoms with Crippen LogP contribution in [0.3, 0.4) is 0 Å². The summed E-state index contributed by atoms with van der Waals surface area (Å²) in [5.41, 5.74) is 2.86. The Morgan fingerprint density at radius 3 is 2.68 bits per heavy atom. The van der Waals surface area contributed by atoms with Crippen molar-refractivity contribution in [2.75, 3.05) is 7.11 Å². The Morgan fingerprint density at radius 2 is 2.09 bits per heavy atom. The molecule has 0 radical (unpaired) electrons. The van der Waals surface area contributed by atoms with Gasteiger partial charge >= 0.3 is 5.97 Å². The molecule has 3 aromatic rings. The Labute approximate surface area is 129 Å². The van der Waals surface area contributed by atoms with Crippen molar-refractivity contribution in [3.63, 3.8) is 0 Å². The Kier molecular flexibility index (Phi) is 3.67. The molecule has 114 valence electrons. The zero-order chi connectivity index (χ0) is 15.9. The second kappa shape index (κ2) is 5.51. The van der Waals surface area contributed by atoms with Crippen molar-refractivity contribution in [2.45, 2.75) is 13.5 Å². The standard InChI is InChI=1S/C15H13FN2O3S/c1-8-12(9-3-5-10(16)6-4-9)17-15-18(8)11(7-21-2)13(22-15)14(19)20/h3-6H,7H2,1-2H3,(H,19,20). The van der Waals surface area contributed by atoms with Gasteiger partial charge in [0.25, 0.3) is 0 Å². The van der Waals surface area contributed by atoms with Gasteiger partial charge in [-0.2, -0.15) is 0 Å². The third-order valence-corrected chi connectivity index (χ3v) is 4.47. The molecule has 22 heavy (non-hydrogen) atoms. The predicted molar refractivity (Wildman–Crippen MR) is 80.9 cm³/mol. The average Bonchev–Trinajstić information content (AvgIpc) is 2.99. The van der Waals surface area contributed by atoms with E-state index in [1.807, 2.05) is 6.92 Å². The Morgan fingerprint density at radius 1 is 1.41 bits per heavy atom. The number of aromatic nitrogens is 2. The fourth-order valence-corrected chi connectivity index (χ4v) is 3.44. The number of aromatic carboxylic acids is 1. The van der Waals surface area contributed by atoms with E-state index < -0.39 is 5.97 Å². The molecule has 1 N–H and O–H groups in total. The number of carboxylic acid groups (broad SMARTS) is 1. The van der Waals surface area contributed by atoms with Gasteiger partial charge in [-0.3, -0.25) is 4.40 Å². The van der Waals surface area contributed by atoms with E-state index >= 15 is 0 Å². The van der Waals surface area contributed by atoms with Gasteiger partial charge in [-0.1, -0.05) is 11.3 Å². The number of fused-ring (bicyclic) bond motifs is 1. The average molecular weight is 320 g/mol. The molecule has 0 aliphatic carbocycles. The number of imidazole rings is 1. The highest BCUT2D eigenvalue weighted by Gasteiger charge is 2.22. The molecule has 0 amide bonds. The number of benzene rings is 1. The van der Waals surface area contributed by atoms with Crippen molar-refractivity contribution >= 4 is 22.3 Å².